The van der Waals surface area contributed by atoms with Crippen LogP contribution in [-0.2, 0) is 22.2 Å². The molecule has 0 spiro atoms. The fraction of sp³-hybridized carbons (Fsp3) is 0.235. The first kappa shape index (κ1) is 14.8. The molecule has 3 rings (SSSR count). The fourth-order valence-corrected chi connectivity index (χ4v) is 4.36. The van der Waals surface area contributed by atoms with Crippen LogP contribution >= 0.6 is 0 Å². The van der Waals surface area contributed by atoms with Gasteiger partial charge in [0.05, 0.1) is 11.4 Å². The summed E-state index contributed by atoms with van der Waals surface area (Å²) in [4.78, 5) is 11.4. The number of sulfonamides is 1. The van der Waals surface area contributed by atoms with Gasteiger partial charge in [0.25, 0.3) is 0 Å². The van der Waals surface area contributed by atoms with E-state index >= 15 is 0 Å². The van der Waals surface area contributed by atoms with Crippen molar-refractivity contribution in [1.82, 2.24) is 0 Å². The largest absolute Gasteiger partial charge is 0.295 e. The molecular formula is C17H17NO3S. The molecule has 4 nitrogen and oxygen atoms in total. The van der Waals surface area contributed by atoms with Gasteiger partial charge in [-0.1, -0.05) is 30.3 Å². The normalized spacial score (nSPS) is 14.0. The van der Waals surface area contributed by atoms with E-state index in [1.54, 1.807) is 18.2 Å². The molecule has 0 fully saturated rings. The van der Waals surface area contributed by atoms with Gasteiger partial charge in [-0.25, -0.2) is 8.42 Å². The molecule has 0 amide bonds. The van der Waals surface area contributed by atoms with Crippen molar-refractivity contribution < 1.29 is 13.2 Å². The molecule has 5 heteroatoms. The van der Waals surface area contributed by atoms with Crippen LogP contribution in [0, 0.1) is 0 Å². The van der Waals surface area contributed by atoms with E-state index in [9.17, 15) is 13.2 Å². The highest BCUT2D eigenvalue weighted by Crippen LogP contribution is 2.32. The Hall–Kier alpha value is -2.14. The summed E-state index contributed by atoms with van der Waals surface area (Å²) in [6, 6.07) is 14.4. The molecule has 114 valence electrons. The smallest absolute Gasteiger partial charge is 0.239 e. The summed E-state index contributed by atoms with van der Waals surface area (Å²) in [5.41, 5.74) is 3.02. The minimum atomic E-state index is -3.41. The third-order valence-electron chi connectivity index (χ3n) is 3.87. The first-order chi connectivity index (χ1) is 10.5. The molecule has 0 saturated carbocycles. The van der Waals surface area contributed by atoms with Crippen molar-refractivity contribution in [2.45, 2.75) is 19.1 Å². The number of carbonyl (C=O) groups excluding carboxylic acids is 1. The van der Waals surface area contributed by atoms with Crippen LogP contribution in [0.5, 0.6) is 0 Å². The van der Waals surface area contributed by atoms with E-state index in [-0.39, 0.29) is 11.5 Å². The Morgan fingerprint density at radius 2 is 1.86 bits per heavy atom. The molecule has 2 aromatic rings. The number of nitrogens with zero attached hydrogens (tertiary/aromatic N) is 1. The van der Waals surface area contributed by atoms with Gasteiger partial charge in [0.2, 0.25) is 10.0 Å². The maximum absolute atomic E-state index is 12.6. The molecule has 2 aromatic carbocycles. The Labute approximate surface area is 130 Å². The lowest BCUT2D eigenvalue weighted by atomic mass is 10.1. The highest BCUT2D eigenvalue weighted by atomic mass is 32.2. The number of ketones is 1. The molecule has 1 aliphatic heterocycles. The molecule has 0 unspecified atom stereocenters. The maximum atomic E-state index is 12.6. The van der Waals surface area contributed by atoms with Crippen LogP contribution in [0.1, 0.15) is 28.4 Å². The quantitative estimate of drug-likeness (QED) is 0.815. The molecule has 0 aromatic heterocycles. The molecule has 0 N–H and O–H groups in total. The number of rotatable bonds is 4. The molecule has 1 heterocycles. The van der Waals surface area contributed by atoms with Crippen LogP contribution in [0.4, 0.5) is 5.69 Å². The van der Waals surface area contributed by atoms with Gasteiger partial charge in [-0.3, -0.25) is 9.10 Å². The van der Waals surface area contributed by atoms with Crippen molar-refractivity contribution in [3.8, 4) is 0 Å². The molecule has 0 saturated heterocycles. The van der Waals surface area contributed by atoms with Crippen molar-refractivity contribution in [2.24, 2.45) is 0 Å². The van der Waals surface area contributed by atoms with Gasteiger partial charge in [-0.05, 0) is 42.7 Å². The van der Waals surface area contributed by atoms with Gasteiger partial charge in [0, 0.05) is 12.1 Å². The predicted molar refractivity (Wildman–Crippen MR) is 86.6 cm³/mol. The zero-order valence-corrected chi connectivity index (χ0v) is 13.1. The van der Waals surface area contributed by atoms with Crippen molar-refractivity contribution in [1.29, 1.82) is 0 Å². The highest BCUT2D eigenvalue weighted by Gasteiger charge is 2.29. The number of anilines is 1. The minimum Gasteiger partial charge on any atom is -0.295 e. The lowest BCUT2D eigenvalue weighted by Gasteiger charge is -2.19. The lowest BCUT2D eigenvalue weighted by Crippen LogP contribution is -2.30. The first-order valence-electron chi connectivity index (χ1n) is 7.15. The number of Topliss-reactive ketones (excluding diaryl/α,β-unsaturated/α-hetero) is 1. The number of benzene rings is 2. The summed E-state index contributed by atoms with van der Waals surface area (Å²) in [6.45, 7) is 1.95. The SMILES string of the molecule is CC(=O)c1ccc2c(c1)CCN2S(=O)(=O)Cc1ccccc1. The molecule has 0 aliphatic carbocycles. The van der Waals surface area contributed by atoms with Crippen molar-refractivity contribution in [3.05, 3.63) is 65.2 Å². The number of hydrogen-bond donors (Lipinski definition) is 0. The van der Waals surface area contributed by atoms with Crippen molar-refractivity contribution in [2.75, 3.05) is 10.8 Å². The van der Waals surface area contributed by atoms with E-state index in [2.05, 4.69) is 0 Å². The second-order valence-electron chi connectivity index (χ2n) is 5.46. The van der Waals surface area contributed by atoms with Gasteiger partial charge in [-0.2, -0.15) is 0 Å². The lowest BCUT2D eigenvalue weighted by molar-refractivity contribution is 0.101. The summed E-state index contributed by atoms with van der Waals surface area (Å²) in [6.07, 6.45) is 0.643. The van der Waals surface area contributed by atoms with Gasteiger partial charge in [0.15, 0.2) is 5.78 Å². The molecule has 1 aliphatic rings. The average molecular weight is 315 g/mol. The van der Waals surface area contributed by atoms with E-state index in [0.717, 1.165) is 11.1 Å². The molecule has 0 atom stereocenters. The average Bonchev–Trinajstić information content (AvgIpc) is 2.91. The predicted octanol–water partition coefficient (Wildman–Crippen LogP) is 2.78. The third-order valence-corrected chi connectivity index (χ3v) is 5.62. The monoisotopic (exact) mass is 315 g/mol. The summed E-state index contributed by atoms with van der Waals surface area (Å²) in [7, 11) is -3.41. The summed E-state index contributed by atoms with van der Waals surface area (Å²) >= 11 is 0. The van der Waals surface area contributed by atoms with E-state index < -0.39 is 10.0 Å². The summed E-state index contributed by atoms with van der Waals surface area (Å²) in [5.74, 6) is -0.0183. The third kappa shape index (κ3) is 2.76. The van der Waals surface area contributed by atoms with E-state index in [1.807, 2.05) is 30.3 Å². The molecule has 0 bridgehead atoms. The Bertz CT molecular complexity index is 813. The zero-order valence-electron chi connectivity index (χ0n) is 12.3. The zero-order chi connectivity index (χ0) is 15.7. The topological polar surface area (TPSA) is 54.5 Å². The van der Waals surface area contributed by atoms with Gasteiger partial charge >= 0.3 is 0 Å². The van der Waals surface area contributed by atoms with Gasteiger partial charge < -0.3 is 0 Å². The number of hydrogen-bond acceptors (Lipinski definition) is 3. The minimum absolute atomic E-state index is 0.00612. The second kappa shape index (κ2) is 5.57. The maximum Gasteiger partial charge on any atom is 0.239 e. The van der Waals surface area contributed by atoms with Crippen LogP contribution in [-0.4, -0.2) is 20.7 Å². The van der Waals surface area contributed by atoms with Crippen molar-refractivity contribution in [3.63, 3.8) is 0 Å². The van der Waals surface area contributed by atoms with Crippen molar-refractivity contribution >= 4 is 21.5 Å². The molecule has 22 heavy (non-hydrogen) atoms. The molecular weight excluding hydrogens is 298 g/mol. The number of fused-ring (bicyclic) bond motifs is 1. The number of carbonyl (C=O) groups is 1. The van der Waals surface area contributed by atoms with Crippen LogP contribution in [0.15, 0.2) is 48.5 Å². The summed E-state index contributed by atoms with van der Waals surface area (Å²) < 4.78 is 26.7. The van der Waals surface area contributed by atoms with Crippen LogP contribution in [0.25, 0.3) is 0 Å². The Morgan fingerprint density at radius 3 is 2.55 bits per heavy atom. The van der Waals surface area contributed by atoms with E-state index in [0.29, 0.717) is 24.2 Å². The van der Waals surface area contributed by atoms with Gasteiger partial charge in [0.1, 0.15) is 0 Å². The highest BCUT2D eigenvalue weighted by molar-refractivity contribution is 7.92. The standard InChI is InChI=1S/C17H17NO3S/c1-13(19)15-7-8-17-16(11-15)9-10-18(17)22(20,21)12-14-5-3-2-4-6-14/h2-8,11H,9-10,12H2,1H3. The Morgan fingerprint density at radius 1 is 1.14 bits per heavy atom. The van der Waals surface area contributed by atoms with Crippen LogP contribution in [0.2, 0.25) is 0 Å². The van der Waals surface area contributed by atoms with E-state index in [4.69, 9.17) is 0 Å². The second-order valence-corrected chi connectivity index (χ2v) is 7.36. The van der Waals surface area contributed by atoms with Crippen LogP contribution in [0.3, 0.4) is 0 Å². The van der Waals surface area contributed by atoms with E-state index in [1.165, 1.54) is 11.2 Å². The Kier molecular flexibility index (Phi) is 3.74. The Balaban J connectivity index is 1.90. The van der Waals surface area contributed by atoms with Gasteiger partial charge in [-0.15, -0.1) is 0 Å². The summed E-state index contributed by atoms with van der Waals surface area (Å²) in [5, 5.41) is 0. The first-order valence-corrected chi connectivity index (χ1v) is 8.76. The van der Waals surface area contributed by atoms with Crippen LogP contribution < -0.4 is 4.31 Å². The fourth-order valence-electron chi connectivity index (χ4n) is 2.74. The molecule has 0 radical (unpaired) electrons.